The van der Waals surface area contributed by atoms with Crippen LogP contribution in [0.15, 0.2) is 30.3 Å². The summed E-state index contributed by atoms with van der Waals surface area (Å²) in [5, 5.41) is 0. The van der Waals surface area contributed by atoms with E-state index in [1.807, 2.05) is 30.3 Å². The Morgan fingerprint density at radius 2 is 1.84 bits per heavy atom. The monoisotopic (exact) mass is 278 g/mol. The highest BCUT2D eigenvalue weighted by Crippen LogP contribution is 2.19. The molecule has 2 aliphatic rings. The van der Waals surface area contributed by atoms with Crippen molar-refractivity contribution >= 4 is 11.8 Å². The van der Waals surface area contributed by atoms with Gasteiger partial charge in [0.05, 0.1) is 0 Å². The van der Waals surface area contributed by atoms with Crippen LogP contribution in [-0.4, -0.2) is 66.7 Å². The van der Waals surface area contributed by atoms with E-state index >= 15 is 0 Å². The van der Waals surface area contributed by atoms with E-state index in [2.05, 4.69) is 21.6 Å². The van der Waals surface area contributed by atoms with Gasteiger partial charge in [0.2, 0.25) is 0 Å². The van der Waals surface area contributed by atoms with Gasteiger partial charge in [0, 0.05) is 50.3 Å². The maximum Gasteiger partial charge on any atom is 0.119 e. The zero-order chi connectivity index (χ0) is 12.9. The van der Waals surface area contributed by atoms with Crippen LogP contribution in [0.4, 0.5) is 0 Å². The summed E-state index contributed by atoms with van der Waals surface area (Å²) >= 11 is 2.09. The summed E-state index contributed by atoms with van der Waals surface area (Å²) in [4.78, 5) is 5.15. The predicted octanol–water partition coefficient (Wildman–Crippen LogP) is 1.80. The molecule has 2 heterocycles. The number of nitrogens with zero attached hydrogens (tertiary/aromatic N) is 2. The second-order valence-electron chi connectivity index (χ2n) is 5.22. The SMILES string of the molecule is c1ccc(OCCN2CC(N3CCSCC3)C2)cc1. The molecule has 2 fully saturated rings. The molecular formula is C15H22N2OS. The fourth-order valence-electron chi connectivity index (χ4n) is 2.71. The van der Waals surface area contributed by atoms with Gasteiger partial charge in [-0.05, 0) is 12.1 Å². The first kappa shape index (κ1) is 13.3. The van der Waals surface area contributed by atoms with Crippen molar-refractivity contribution in [3.8, 4) is 5.75 Å². The zero-order valence-corrected chi connectivity index (χ0v) is 12.1. The zero-order valence-electron chi connectivity index (χ0n) is 11.3. The van der Waals surface area contributed by atoms with Gasteiger partial charge in [-0.15, -0.1) is 0 Å². The van der Waals surface area contributed by atoms with Gasteiger partial charge in [-0.1, -0.05) is 18.2 Å². The normalized spacial score (nSPS) is 22.1. The number of hydrogen-bond acceptors (Lipinski definition) is 4. The Balaban J connectivity index is 1.31. The van der Waals surface area contributed by atoms with Crippen molar-refractivity contribution in [1.82, 2.24) is 9.80 Å². The highest BCUT2D eigenvalue weighted by Gasteiger charge is 2.31. The van der Waals surface area contributed by atoms with E-state index in [1.165, 1.54) is 37.7 Å². The van der Waals surface area contributed by atoms with Crippen LogP contribution in [-0.2, 0) is 0 Å². The molecule has 4 heteroatoms. The summed E-state index contributed by atoms with van der Waals surface area (Å²) in [6.07, 6.45) is 0. The smallest absolute Gasteiger partial charge is 0.119 e. The van der Waals surface area contributed by atoms with Crippen molar-refractivity contribution in [2.24, 2.45) is 0 Å². The maximum absolute atomic E-state index is 5.73. The van der Waals surface area contributed by atoms with Gasteiger partial charge in [-0.3, -0.25) is 9.80 Å². The van der Waals surface area contributed by atoms with E-state index in [-0.39, 0.29) is 0 Å². The van der Waals surface area contributed by atoms with Crippen LogP contribution in [0.3, 0.4) is 0 Å². The Bertz CT molecular complexity index is 375. The third-order valence-electron chi connectivity index (χ3n) is 3.92. The van der Waals surface area contributed by atoms with Crippen LogP contribution in [0.5, 0.6) is 5.75 Å². The lowest BCUT2D eigenvalue weighted by atomic mass is 10.1. The Labute approximate surface area is 119 Å². The molecule has 0 atom stereocenters. The Kier molecular flexibility index (Phi) is 4.64. The minimum absolute atomic E-state index is 0.798. The van der Waals surface area contributed by atoms with Crippen LogP contribution < -0.4 is 4.74 Å². The van der Waals surface area contributed by atoms with Gasteiger partial charge in [0.1, 0.15) is 12.4 Å². The van der Waals surface area contributed by atoms with Crippen LogP contribution >= 0.6 is 11.8 Å². The number of benzene rings is 1. The lowest BCUT2D eigenvalue weighted by Gasteiger charge is -2.46. The number of rotatable bonds is 5. The Hall–Kier alpha value is -0.710. The lowest BCUT2D eigenvalue weighted by Crippen LogP contribution is -2.61. The molecule has 0 unspecified atom stereocenters. The van der Waals surface area contributed by atoms with E-state index < -0.39 is 0 Å². The van der Waals surface area contributed by atoms with Crippen molar-refractivity contribution in [1.29, 1.82) is 0 Å². The average Bonchev–Trinajstić information content (AvgIpc) is 2.43. The van der Waals surface area contributed by atoms with Gasteiger partial charge in [-0.25, -0.2) is 0 Å². The quantitative estimate of drug-likeness (QED) is 0.816. The predicted molar refractivity (Wildman–Crippen MR) is 81.1 cm³/mol. The van der Waals surface area contributed by atoms with Crippen molar-refractivity contribution in [3.05, 3.63) is 30.3 Å². The molecule has 0 aliphatic carbocycles. The Morgan fingerprint density at radius 1 is 1.11 bits per heavy atom. The summed E-state index contributed by atoms with van der Waals surface area (Å²) in [5.41, 5.74) is 0. The van der Waals surface area contributed by atoms with Crippen LogP contribution in [0.2, 0.25) is 0 Å². The fourth-order valence-corrected chi connectivity index (χ4v) is 3.64. The number of hydrogen-bond donors (Lipinski definition) is 0. The first-order valence-corrected chi connectivity index (χ1v) is 8.29. The molecular weight excluding hydrogens is 256 g/mol. The first-order chi connectivity index (χ1) is 9.42. The summed E-state index contributed by atoms with van der Waals surface area (Å²) in [7, 11) is 0. The van der Waals surface area contributed by atoms with E-state index in [0.29, 0.717) is 0 Å². The molecule has 0 aromatic heterocycles. The molecule has 0 amide bonds. The van der Waals surface area contributed by atoms with Gasteiger partial charge < -0.3 is 4.74 Å². The topological polar surface area (TPSA) is 15.7 Å². The van der Waals surface area contributed by atoms with Gasteiger partial charge >= 0.3 is 0 Å². The molecule has 0 bridgehead atoms. The van der Waals surface area contributed by atoms with Crippen molar-refractivity contribution in [2.75, 3.05) is 50.8 Å². The van der Waals surface area contributed by atoms with Crippen molar-refractivity contribution in [3.63, 3.8) is 0 Å². The molecule has 0 radical (unpaired) electrons. The summed E-state index contributed by atoms with van der Waals surface area (Å²) in [5.74, 6) is 3.61. The molecule has 104 valence electrons. The third-order valence-corrected chi connectivity index (χ3v) is 4.86. The second-order valence-corrected chi connectivity index (χ2v) is 6.45. The highest BCUT2D eigenvalue weighted by atomic mass is 32.2. The molecule has 0 saturated carbocycles. The molecule has 19 heavy (non-hydrogen) atoms. The third kappa shape index (κ3) is 3.65. The van der Waals surface area contributed by atoms with Gasteiger partial charge in [-0.2, -0.15) is 11.8 Å². The Morgan fingerprint density at radius 3 is 2.58 bits per heavy atom. The van der Waals surface area contributed by atoms with E-state index in [0.717, 1.165) is 24.9 Å². The van der Waals surface area contributed by atoms with Crippen molar-refractivity contribution in [2.45, 2.75) is 6.04 Å². The molecule has 1 aromatic carbocycles. The highest BCUT2D eigenvalue weighted by molar-refractivity contribution is 7.99. The number of likely N-dealkylation sites (tertiary alicyclic amines) is 1. The number of ether oxygens (including phenoxy) is 1. The molecule has 1 aromatic rings. The summed E-state index contributed by atoms with van der Waals surface area (Å²) < 4.78 is 5.73. The van der Waals surface area contributed by atoms with Crippen LogP contribution in [0, 0.1) is 0 Å². The molecule has 2 aliphatic heterocycles. The van der Waals surface area contributed by atoms with Crippen LogP contribution in [0.1, 0.15) is 0 Å². The summed E-state index contributed by atoms with van der Waals surface area (Å²) in [6, 6.07) is 10.9. The van der Waals surface area contributed by atoms with Gasteiger partial charge in [0.15, 0.2) is 0 Å². The van der Waals surface area contributed by atoms with E-state index in [9.17, 15) is 0 Å². The summed E-state index contributed by atoms with van der Waals surface area (Å²) in [6.45, 7) is 6.86. The van der Waals surface area contributed by atoms with Crippen molar-refractivity contribution < 1.29 is 4.74 Å². The minimum atomic E-state index is 0.798. The molecule has 0 spiro atoms. The number of para-hydroxylation sites is 1. The van der Waals surface area contributed by atoms with E-state index in [1.54, 1.807) is 0 Å². The average molecular weight is 278 g/mol. The molecule has 2 saturated heterocycles. The van der Waals surface area contributed by atoms with E-state index in [4.69, 9.17) is 4.74 Å². The molecule has 3 rings (SSSR count). The number of thioether (sulfide) groups is 1. The maximum atomic E-state index is 5.73. The minimum Gasteiger partial charge on any atom is -0.492 e. The molecule has 3 nitrogen and oxygen atoms in total. The standard InChI is InChI=1S/C15H22N2OS/c1-2-4-15(5-3-1)18-9-6-16-12-14(13-16)17-7-10-19-11-8-17/h1-5,14H,6-13H2. The fraction of sp³-hybridized carbons (Fsp3) is 0.600. The second kappa shape index (κ2) is 6.64. The van der Waals surface area contributed by atoms with Crippen LogP contribution in [0.25, 0.3) is 0 Å². The lowest BCUT2D eigenvalue weighted by molar-refractivity contribution is 0.0314. The largest absolute Gasteiger partial charge is 0.492 e. The van der Waals surface area contributed by atoms with Gasteiger partial charge in [0.25, 0.3) is 0 Å². The first-order valence-electron chi connectivity index (χ1n) is 7.14. The molecule has 0 N–H and O–H groups in total.